The fraction of sp³-hybridized carbons (Fsp3) is 0.583. The molecule has 0 N–H and O–H groups in total. The van der Waals surface area contributed by atoms with Gasteiger partial charge in [-0.3, -0.25) is 9.30 Å². The van der Waals surface area contributed by atoms with Gasteiger partial charge in [-0.1, -0.05) is 6.92 Å². The monoisotopic (exact) mass is 235 g/mol. The molecule has 1 aliphatic rings. The molecule has 1 aliphatic heterocycles. The van der Waals surface area contributed by atoms with Crippen molar-refractivity contribution in [2.45, 2.75) is 33.7 Å². The number of aromatic nitrogens is 2. The third-order valence-electron chi connectivity index (χ3n) is 3.60. The summed E-state index contributed by atoms with van der Waals surface area (Å²) in [5.41, 5.74) is 4.11. The minimum Gasteiger partial charge on any atom is -0.297 e. The fourth-order valence-electron chi connectivity index (χ4n) is 2.44. The Morgan fingerprint density at radius 3 is 2.94 bits per heavy atom. The van der Waals surface area contributed by atoms with E-state index in [2.05, 4.69) is 30.1 Å². The third-order valence-corrected chi connectivity index (χ3v) is 4.66. The van der Waals surface area contributed by atoms with Crippen LogP contribution in [0.1, 0.15) is 28.9 Å². The molecule has 0 amide bonds. The van der Waals surface area contributed by atoms with E-state index in [0.717, 1.165) is 26.1 Å². The lowest BCUT2D eigenvalue weighted by Gasteiger charge is -2.24. The largest absolute Gasteiger partial charge is 0.297 e. The molecule has 0 aliphatic carbocycles. The first-order valence-electron chi connectivity index (χ1n) is 5.89. The average Bonchev–Trinajstić information content (AvgIpc) is 2.76. The zero-order chi connectivity index (χ0) is 11.3. The standard InChI is InChI=1S/C12H17N3S/c1-4-14-6-5-10-11(7-14)15-8(2)9(3)16-12(15)13-10/h4-7H2,1-3H3. The van der Waals surface area contributed by atoms with Gasteiger partial charge in [-0.25, -0.2) is 4.98 Å². The van der Waals surface area contributed by atoms with Gasteiger partial charge in [-0.15, -0.1) is 11.3 Å². The summed E-state index contributed by atoms with van der Waals surface area (Å²) >= 11 is 1.81. The van der Waals surface area contributed by atoms with E-state index in [0.29, 0.717) is 0 Å². The van der Waals surface area contributed by atoms with Crippen LogP contribution in [0, 0.1) is 13.8 Å². The molecule has 0 radical (unpaired) electrons. The van der Waals surface area contributed by atoms with Crippen LogP contribution in [-0.2, 0) is 13.0 Å². The molecule has 0 bridgehead atoms. The normalized spacial score (nSPS) is 16.9. The lowest BCUT2D eigenvalue weighted by atomic mass is 10.1. The van der Waals surface area contributed by atoms with E-state index in [1.807, 2.05) is 11.3 Å². The zero-order valence-electron chi connectivity index (χ0n) is 10.1. The van der Waals surface area contributed by atoms with Gasteiger partial charge in [0.2, 0.25) is 0 Å². The van der Waals surface area contributed by atoms with Crippen molar-refractivity contribution in [3.63, 3.8) is 0 Å². The Labute approximate surface area is 99.7 Å². The van der Waals surface area contributed by atoms with Crippen LogP contribution in [0.15, 0.2) is 0 Å². The molecule has 4 heteroatoms. The second-order valence-electron chi connectivity index (χ2n) is 4.49. The van der Waals surface area contributed by atoms with Gasteiger partial charge in [0.05, 0.1) is 11.4 Å². The van der Waals surface area contributed by atoms with Crippen molar-refractivity contribution in [3.05, 3.63) is 22.0 Å². The first-order chi connectivity index (χ1) is 7.70. The van der Waals surface area contributed by atoms with Gasteiger partial charge in [0, 0.05) is 30.1 Å². The highest BCUT2D eigenvalue weighted by atomic mass is 32.1. The molecule has 86 valence electrons. The molecule has 3 rings (SSSR count). The molecule has 2 aromatic rings. The van der Waals surface area contributed by atoms with Crippen LogP contribution >= 0.6 is 11.3 Å². The minimum atomic E-state index is 1.06. The second kappa shape index (κ2) is 3.57. The number of hydrogen-bond acceptors (Lipinski definition) is 3. The topological polar surface area (TPSA) is 20.5 Å². The molecule has 0 atom stereocenters. The summed E-state index contributed by atoms with van der Waals surface area (Å²) in [5.74, 6) is 0. The van der Waals surface area contributed by atoms with E-state index in [1.165, 1.54) is 26.9 Å². The molecule has 0 saturated heterocycles. The smallest absolute Gasteiger partial charge is 0.194 e. The summed E-state index contributed by atoms with van der Waals surface area (Å²) in [7, 11) is 0. The molecular weight excluding hydrogens is 218 g/mol. The van der Waals surface area contributed by atoms with E-state index in [-0.39, 0.29) is 0 Å². The number of thiazole rings is 1. The van der Waals surface area contributed by atoms with Crippen LogP contribution in [0.2, 0.25) is 0 Å². The minimum absolute atomic E-state index is 1.06. The Bertz CT molecular complexity index is 538. The maximum Gasteiger partial charge on any atom is 0.194 e. The van der Waals surface area contributed by atoms with E-state index in [4.69, 9.17) is 4.98 Å². The SMILES string of the molecule is CCN1CCc2nc3sc(C)c(C)n3c2C1. The molecule has 0 aromatic carbocycles. The highest BCUT2D eigenvalue weighted by Crippen LogP contribution is 2.28. The average molecular weight is 235 g/mol. The van der Waals surface area contributed by atoms with Crippen LogP contribution in [0.4, 0.5) is 0 Å². The van der Waals surface area contributed by atoms with Crippen molar-refractivity contribution in [1.29, 1.82) is 0 Å². The van der Waals surface area contributed by atoms with Gasteiger partial charge in [0.15, 0.2) is 4.96 Å². The van der Waals surface area contributed by atoms with Crippen molar-refractivity contribution in [3.8, 4) is 0 Å². The predicted molar refractivity (Wildman–Crippen MR) is 67.2 cm³/mol. The van der Waals surface area contributed by atoms with Crippen LogP contribution < -0.4 is 0 Å². The summed E-state index contributed by atoms with van der Waals surface area (Å²) < 4.78 is 2.36. The molecule has 16 heavy (non-hydrogen) atoms. The van der Waals surface area contributed by atoms with Crippen molar-refractivity contribution in [2.24, 2.45) is 0 Å². The fourth-order valence-corrected chi connectivity index (χ4v) is 3.45. The summed E-state index contributed by atoms with van der Waals surface area (Å²) in [4.78, 5) is 9.81. The van der Waals surface area contributed by atoms with E-state index in [9.17, 15) is 0 Å². The molecule has 0 fully saturated rings. The molecule has 0 saturated carbocycles. The van der Waals surface area contributed by atoms with Gasteiger partial charge < -0.3 is 0 Å². The Morgan fingerprint density at radius 1 is 1.38 bits per heavy atom. The van der Waals surface area contributed by atoms with E-state index < -0.39 is 0 Å². The summed E-state index contributed by atoms with van der Waals surface area (Å²) in [5, 5.41) is 0. The summed E-state index contributed by atoms with van der Waals surface area (Å²) in [6.07, 6.45) is 1.11. The Balaban J connectivity index is 2.18. The van der Waals surface area contributed by atoms with Gasteiger partial charge in [0.25, 0.3) is 0 Å². The first kappa shape index (κ1) is 10.3. The lowest BCUT2D eigenvalue weighted by molar-refractivity contribution is 0.262. The van der Waals surface area contributed by atoms with Crippen LogP contribution in [0.5, 0.6) is 0 Å². The predicted octanol–water partition coefficient (Wildman–Crippen LogP) is 2.39. The quantitative estimate of drug-likeness (QED) is 0.756. The Kier molecular flexibility index (Phi) is 2.30. The van der Waals surface area contributed by atoms with E-state index in [1.54, 1.807) is 0 Å². The van der Waals surface area contributed by atoms with Crippen molar-refractivity contribution < 1.29 is 0 Å². The first-order valence-corrected chi connectivity index (χ1v) is 6.71. The number of aryl methyl sites for hydroxylation is 2. The van der Waals surface area contributed by atoms with Crippen molar-refractivity contribution >= 4 is 16.3 Å². The molecule has 3 nitrogen and oxygen atoms in total. The lowest BCUT2D eigenvalue weighted by Crippen LogP contribution is -2.30. The highest BCUT2D eigenvalue weighted by molar-refractivity contribution is 7.17. The number of fused-ring (bicyclic) bond motifs is 3. The van der Waals surface area contributed by atoms with Gasteiger partial charge >= 0.3 is 0 Å². The Morgan fingerprint density at radius 2 is 2.19 bits per heavy atom. The number of nitrogens with zero attached hydrogens (tertiary/aromatic N) is 3. The second-order valence-corrected chi connectivity index (χ2v) is 5.67. The molecule has 2 aromatic heterocycles. The van der Waals surface area contributed by atoms with Crippen LogP contribution in [0.3, 0.4) is 0 Å². The maximum absolute atomic E-state index is 4.76. The number of hydrogen-bond donors (Lipinski definition) is 0. The Hall–Kier alpha value is -0.870. The third kappa shape index (κ3) is 1.33. The van der Waals surface area contributed by atoms with Gasteiger partial charge in [0.1, 0.15) is 0 Å². The maximum atomic E-state index is 4.76. The number of rotatable bonds is 1. The van der Waals surface area contributed by atoms with Gasteiger partial charge in [-0.2, -0.15) is 0 Å². The van der Waals surface area contributed by atoms with Crippen molar-refractivity contribution in [1.82, 2.24) is 14.3 Å². The summed E-state index contributed by atoms with van der Waals surface area (Å²) in [6, 6.07) is 0. The molecule has 3 heterocycles. The molecular formula is C12H17N3S. The van der Waals surface area contributed by atoms with E-state index >= 15 is 0 Å². The number of imidazole rings is 1. The van der Waals surface area contributed by atoms with Crippen LogP contribution in [0.25, 0.3) is 4.96 Å². The zero-order valence-corrected chi connectivity index (χ0v) is 10.9. The van der Waals surface area contributed by atoms with Gasteiger partial charge in [-0.05, 0) is 20.4 Å². The molecule has 0 unspecified atom stereocenters. The number of likely N-dealkylation sites (N-methyl/N-ethyl adjacent to an activating group) is 1. The summed E-state index contributed by atoms with van der Waals surface area (Å²) in [6.45, 7) is 9.97. The molecule has 0 spiro atoms. The van der Waals surface area contributed by atoms with Crippen LogP contribution in [-0.4, -0.2) is 27.4 Å². The van der Waals surface area contributed by atoms with Crippen molar-refractivity contribution in [2.75, 3.05) is 13.1 Å². The highest BCUT2D eigenvalue weighted by Gasteiger charge is 2.22.